The molecular weight excluding hydrogens is 265 g/mol. The van der Waals surface area contributed by atoms with Gasteiger partial charge in [0, 0.05) is 50.6 Å². The summed E-state index contributed by atoms with van der Waals surface area (Å²) in [4.78, 5) is 11.0. The zero-order valence-electron chi connectivity index (χ0n) is 6.91. The minimum absolute atomic E-state index is 0. The minimum Gasteiger partial charge on any atom is -0.303 e. The van der Waals surface area contributed by atoms with Crippen LogP contribution in [0.25, 0.3) is 0 Å². The van der Waals surface area contributed by atoms with Crippen molar-refractivity contribution in [1.82, 2.24) is 0 Å². The number of hydrogen-bond acceptors (Lipinski definition) is 3. The fourth-order valence-corrected chi connectivity index (χ4v) is 4.61. The Kier molecular flexibility index (Phi) is 4.63. The van der Waals surface area contributed by atoms with Crippen molar-refractivity contribution in [3.8, 4) is 0 Å². The van der Waals surface area contributed by atoms with Crippen LogP contribution in [-0.4, -0.2) is 21.4 Å². The molecule has 1 saturated heterocycles. The largest absolute Gasteiger partial charge is 0.303 e. The molecule has 0 amide bonds. The second-order valence-electron chi connectivity index (χ2n) is 2.96. The summed E-state index contributed by atoms with van der Waals surface area (Å²) in [7, 11) is 0. The van der Waals surface area contributed by atoms with E-state index < -0.39 is 0 Å². The van der Waals surface area contributed by atoms with E-state index in [1.54, 1.807) is 0 Å². The Morgan fingerprint density at radius 2 is 2.00 bits per heavy atom. The predicted octanol–water partition coefficient (Wildman–Crippen LogP) is 2.12. The molecule has 12 heavy (non-hydrogen) atoms. The van der Waals surface area contributed by atoms with Gasteiger partial charge in [-0.15, -0.1) is 6.42 Å². The molecule has 0 aromatic heterocycles. The normalized spacial score (nSPS) is 27.2. The first-order valence-electron chi connectivity index (χ1n) is 3.95. The average molecular weight is 276 g/mol. The monoisotopic (exact) mass is 276 g/mol. The second-order valence-corrected chi connectivity index (χ2v) is 6.06. The van der Waals surface area contributed by atoms with Crippen LogP contribution in [0, 0.1) is 6.42 Å². The Morgan fingerprint density at radius 1 is 1.33 bits per heavy atom. The third-order valence-electron chi connectivity index (χ3n) is 2.17. The van der Waals surface area contributed by atoms with Crippen molar-refractivity contribution in [1.29, 1.82) is 0 Å². The van der Waals surface area contributed by atoms with Crippen LogP contribution in [0.15, 0.2) is 0 Å². The van der Waals surface area contributed by atoms with Crippen molar-refractivity contribution in [2.24, 2.45) is 0 Å². The fraction of sp³-hybridized carbons (Fsp3) is 0.750. The molecule has 65 valence electrons. The van der Waals surface area contributed by atoms with Crippen LogP contribution in [0.3, 0.4) is 0 Å². The van der Waals surface area contributed by atoms with Gasteiger partial charge in [0.1, 0.15) is 5.78 Å². The van der Waals surface area contributed by atoms with Crippen LogP contribution in [0.4, 0.5) is 0 Å². The van der Waals surface area contributed by atoms with Gasteiger partial charge in [0.15, 0.2) is 0 Å². The maximum Gasteiger partial charge on any atom is 0.103 e. The number of thioether (sulfide) groups is 2. The van der Waals surface area contributed by atoms with Crippen molar-refractivity contribution in [3.05, 3.63) is 6.42 Å². The molecule has 2 rings (SSSR count). The molecule has 0 atom stereocenters. The van der Waals surface area contributed by atoms with E-state index in [-0.39, 0.29) is 32.7 Å². The van der Waals surface area contributed by atoms with Gasteiger partial charge in [0.05, 0.1) is 0 Å². The summed E-state index contributed by atoms with van der Waals surface area (Å²) in [6.07, 6.45) is 4.80. The number of rotatable bonds is 0. The molecule has 0 unspecified atom stereocenters. The number of carbonyl (C=O) groups excluding carboxylic acids is 1. The standard InChI is InChI=1S/C8H11OS2.Y/c9-7-1-3-8(4-2-7)10-5-6-11-8;/h3H,1-2,4-6H2;/q-1;. The van der Waals surface area contributed by atoms with Crippen LogP contribution in [0.5, 0.6) is 0 Å². The molecule has 0 aromatic rings. The topological polar surface area (TPSA) is 17.1 Å². The van der Waals surface area contributed by atoms with Crippen molar-refractivity contribution in [2.75, 3.05) is 11.5 Å². The Bertz CT molecular complexity index is 166. The van der Waals surface area contributed by atoms with Gasteiger partial charge in [-0.2, -0.15) is 23.5 Å². The van der Waals surface area contributed by atoms with Gasteiger partial charge in [-0.3, -0.25) is 6.42 Å². The van der Waals surface area contributed by atoms with Crippen molar-refractivity contribution < 1.29 is 37.5 Å². The summed E-state index contributed by atoms with van der Waals surface area (Å²) in [5.41, 5.74) is 0. The third kappa shape index (κ3) is 2.49. The van der Waals surface area contributed by atoms with E-state index in [1.807, 2.05) is 23.5 Å². The first-order valence-corrected chi connectivity index (χ1v) is 5.92. The van der Waals surface area contributed by atoms with Gasteiger partial charge in [0.2, 0.25) is 0 Å². The van der Waals surface area contributed by atoms with Gasteiger partial charge >= 0.3 is 0 Å². The number of carbonyl (C=O) groups is 1. The van der Waals surface area contributed by atoms with E-state index in [1.165, 1.54) is 11.5 Å². The zero-order valence-corrected chi connectivity index (χ0v) is 11.4. The summed E-state index contributed by atoms with van der Waals surface area (Å²) in [6, 6.07) is 0. The van der Waals surface area contributed by atoms with Crippen LogP contribution < -0.4 is 0 Å². The summed E-state index contributed by atoms with van der Waals surface area (Å²) in [6.45, 7) is 0. The van der Waals surface area contributed by atoms with Gasteiger partial charge in [-0.05, 0) is 0 Å². The summed E-state index contributed by atoms with van der Waals surface area (Å²) >= 11 is 4.05. The van der Waals surface area contributed by atoms with Crippen molar-refractivity contribution in [3.63, 3.8) is 0 Å². The van der Waals surface area contributed by atoms with Crippen LogP contribution in [-0.2, 0) is 37.5 Å². The Morgan fingerprint density at radius 3 is 2.50 bits per heavy atom. The SMILES string of the molecule is O=C1C[CH-]C2(CC1)SCCS2.[Y]. The Labute approximate surface area is 107 Å². The molecular formula is C8H11OS2Y-. The van der Waals surface area contributed by atoms with Gasteiger partial charge in [-0.1, -0.05) is 10.5 Å². The molecule has 1 heterocycles. The van der Waals surface area contributed by atoms with Gasteiger partial charge in [0.25, 0.3) is 0 Å². The molecule has 2 fully saturated rings. The smallest absolute Gasteiger partial charge is 0.103 e. The number of ketones is 1. The number of Topliss-reactive ketones (excluding diaryl/α,β-unsaturated/α-hetero) is 1. The summed E-state index contributed by atoms with van der Waals surface area (Å²) < 4.78 is 0.341. The first-order chi connectivity index (χ1) is 5.31. The first kappa shape index (κ1) is 11.5. The predicted molar refractivity (Wildman–Crippen MR) is 50.8 cm³/mol. The zero-order chi connectivity index (χ0) is 7.73. The molecule has 1 spiro atoms. The molecule has 1 nitrogen and oxygen atoms in total. The Hall–Kier alpha value is 1.47. The molecule has 0 bridgehead atoms. The van der Waals surface area contributed by atoms with Gasteiger partial charge < -0.3 is 4.79 Å². The maximum atomic E-state index is 11.0. The minimum atomic E-state index is 0. The fourth-order valence-electron chi connectivity index (χ4n) is 1.52. The molecule has 0 aromatic carbocycles. The molecule has 1 aliphatic carbocycles. The van der Waals surface area contributed by atoms with Crippen molar-refractivity contribution >= 4 is 29.3 Å². The van der Waals surface area contributed by atoms with E-state index in [4.69, 9.17) is 0 Å². The Balaban J connectivity index is 0.000000720. The van der Waals surface area contributed by atoms with E-state index in [0.29, 0.717) is 16.3 Å². The van der Waals surface area contributed by atoms with Crippen LogP contribution in [0.1, 0.15) is 19.3 Å². The molecule has 2 aliphatic rings. The molecule has 1 saturated carbocycles. The molecule has 1 aliphatic heterocycles. The summed E-state index contributed by atoms with van der Waals surface area (Å²) in [5.74, 6) is 2.94. The van der Waals surface area contributed by atoms with Crippen LogP contribution >= 0.6 is 23.5 Å². The third-order valence-corrected chi connectivity index (χ3v) is 5.67. The van der Waals surface area contributed by atoms with E-state index in [9.17, 15) is 4.79 Å². The quantitative estimate of drug-likeness (QED) is 0.631. The van der Waals surface area contributed by atoms with Crippen molar-refractivity contribution in [2.45, 2.75) is 23.3 Å². The summed E-state index contributed by atoms with van der Waals surface area (Å²) in [5, 5.41) is 0. The van der Waals surface area contributed by atoms with Crippen LogP contribution in [0.2, 0.25) is 0 Å². The average Bonchev–Trinajstić information content (AvgIpc) is 2.45. The molecule has 4 heteroatoms. The van der Waals surface area contributed by atoms with E-state index in [2.05, 4.69) is 6.42 Å². The maximum absolute atomic E-state index is 11.0. The van der Waals surface area contributed by atoms with Gasteiger partial charge in [-0.25, -0.2) is 0 Å². The number of hydrogen-bond donors (Lipinski definition) is 0. The molecule has 1 radical (unpaired) electrons. The van der Waals surface area contributed by atoms with E-state index in [0.717, 1.165) is 12.8 Å². The molecule has 0 N–H and O–H groups in total. The van der Waals surface area contributed by atoms with E-state index >= 15 is 0 Å². The second kappa shape index (κ2) is 4.81.